The number of hydrogen-bond donors (Lipinski definition) is 2. The third kappa shape index (κ3) is 4.83. The Balaban J connectivity index is 1.43. The van der Waals surface area contributed by atoms with Crippen LogP contribution in [0.15, 0.2) is 51.9 Å². The van der Waals surface area contributed by atoms with Crippen molar-refractivity contribution >= 4 is 35.4 Å². The Hall–Kier alpha value is -4.29. The third-order valence-electron chi connectivity index (χ3n) is 5.22. The van der Waals surface area contributed by atoms with Gasteiger partial charge < -0.3 is 18.8 Å². The first kappa shape index (κ1) is 22.5. The predicted molar refractivity (Wildman–Crippen MR) is 124 cm³/mol. The maximum absolute atomic E-state index is 12.6. The number of rotatable bonds is 4. The standard InChI is InChI=1S/C23H19N5O6S/c24-20-16(12-14-3-5-15(6-4-14)34-22(31)17-2-1-9-33-17)21(30)25-23-28(20)26-18(35-23)13-19(29)27-7-10-32-11-8-27/h1-6,9,12-13,24,26H,7-8,10-11H2/b16-12-,18-13+,24-20?. The molecule has 0 bridgehead atoms. The number of carbonyl (C=O) groups is 2. The van der Waals surface area contributed by atoms with Gasteiger partial charge >= 0.3 is 5.97 Å². The number of fused-ring (bicyclic) bond motifs is 1. The fourth-order valence-electron chi connectivity index (χ4n) is 3.45. The fraction of sp³-hybridized carbons (Fsp3) is 0.174. The number of nitrogens with one attached hydrogen (secondary N) is 2. The van der Waals surface area contributed by atoms with Gasteiger partial charge in [0.2, 0.25) is 16.8 Å². The lowest BCUT2D eigenvalue weighted by Gasteiger charge is -2.25. The van der Waals surface area contributed by atoms with Crippen LogP contribution in [0.5, 0.6) is 5.75 Å². The molecule has 0 saturated carbocycles. The first-order chi connectivity index (χ1) is 17.0. The van der Waals surface area contributed by atoms with Crippen LogP contribution in [0.1, 0.15) is 16.1 Å². The van der Waals surface area contributed by atoms with Crippen LogP contribution in [0.4, 0.5) is 0 Å². The molecule has 5 rings (SSSR count). The molecule has 1 saturated heterocycles. The van der Waals surface area contributed by atoms with E-state index in [1.807, 2.05) is 0 Å². The summed E-state index contributed by atoms with van der Waals surface area (Å²) >= 11 is 1.11. The van der Waals surface area contributed by atoms with Crippen LogP contribution in [0.2, 0.25) is 0 Å². The van der Waals surface area contributed by atoms with E-state index in [9.17, 15) is 14.4 Å². The molecule has 35 heavy (non-hydrogen) atoms. The highest BCUT2D eigenvalue weighted by Gasteiger charge is 2.16. The highest BCUT2D eigenvalue weighted by molar-refractivity contribution is 7.11. The number of carbonyl (C=O) groups excluding carboxylic acids is 2. The number of ether oxygens (including phenoxy) is 2. The molecule has 1 aromatic carbocycles. The zero-order valence-electron chi connectivity index (χ0n) is 18.2. The highest BCUT2D eigenvalue weighted by atomic mass is 32.1. The second kappa shape index (κ2) is 9.52. The second-order valence-corrected chi connectivity index (χ2v) is 8.55. The van der Waals surface area contributed by atoms with E-state index in [0.29, 0.717) is 42.3 Å². The SMILES string of the molecule is N=c1/c(=C/c2ccc(OC(=O)c3ccco3)cc2)c(=O)nc2s/c(=C/C(=O)N3CCOCC3)[nH]n1-2. The van der Waals surface area contributed by atoms with Crippen LogP contribution >= 0.6 is 11.3 Å². The molecular weight excluding hydrogens is 474 g/mol. The average molecular weight is 494 g/mol. The second-order valence-electron chi connectivity index (χ2n) is 7.54. The van der Waals surface area contributed by atoms with Gasteiger partial charge in [-0.25, -0.2) is 9.48 Å². The lowest BCUT2D eigenvalue weighted by atomic mass is 10.2. The van der Waals surface area contributed by atoms with Crippen molar-refractivity contribution in [3.05, 3.63) is 79.7 Å². The van der Waals surface area contributed by atoms with E-state index in [-0.39, 0.29) is 27.5 Å². The number of aromatic amines is 1. The summed E-state index contributed by atoms with van der Waals surface area (Å²) in [6, 6.07) is 9.53. The molecule has 1 fully saturated rings. The van der Waals surface area contributed by atoms with E-state index in [1.54, 1.807) is 35.2 Å². The third-order valence-corrected chi connectivity index (χ3v) is 6.11. The Kier molecular flexibility index (Phi) is 6.12. The number of amides is 1. The molecule has 11 nitrogen and oxygen atoms in total. The summed E-state index contributed by atoms with van der Waals surface area (Å²) in [6.07, 6.45) is 4.33. The smallest absolute Gasteiger partial charge is 0.379 e. The quantitative estimate of drug-likeness (QED) is 0.296. The minimum Gasteiger partial charge on any atom is -0.457 e. The number of benzene rings is 1. The average Bonchev–Trinajstić information content (AvgIpc) is 3.54. The van der Waals surface area contributed by atoms with E-state index >= 15 is 0 Å². The Morgan fingerprint density at radius 3 is 2.66 bits per heavy atom. The topological polar surface area (TPSA) is 144 Å². The number of aromatic nitrogens is 3. The van der Waals surface area contributed by atoms with E-state index in [0.717, 1.165) is 11.3 Å². The number of furan rings is 1. The summed E-state index contributed by atoms with van der Waals surface area (Å²) in [6.45, 7) is 2.02. The minimum absolute atomic E-state index is 0.0722. The molecule has 4 heterocycles. The minimum atomic E-state index is -0.624. The molecule has 0 spiro atoms. The van der Waals surface area contributed by atoms with Crippen molar-refractivity contribution in [1.29, 1.82) is 5.41 Å². The van der Waals surface area contributed by atoms with Crippen LogP contribution in [0.3, 0.4) is 0 Å². The van der Waals surface area contributed by atoms with Gasteiger partial charge in [0.15, 0.2) is 5.49 Å². The number of H-pyrrole nitrogens is 1. The van der Waals surface area contributed by atoms with E-state index < -0.39 is 11.5 Å². The van der Waals surface area contributed by atoms with Crippen molar-refractivity contribution in [2.75, 3.05) is 26.3 Å². The molecule has 2 N–H and O–H groups in total. The van der Waals surface area contributed by atoms with Crippen LogP contribution in [0.25, 0.3) is 17.3 Å². The monoisotopic (exact) mass is 493 g/mol. The molecule has 2 aromatic rings. The van der Waals surface area contributed by atoms with Crippen molar-refractivity contribution in [2.24, 2.45) is 0 Å². The maximum atomic E-state index is 12.6. The number of nitrogens with zero attached hydrogens (tertiary/aromatic N) is 3. The fourth-order valence-corrected chi connectivity index (χ4v) is 4.30. The predicted octanol–water partition coefficient (Wildman–Crippen LogP) is -0.180. The van der Waals surface area contributed by atoms with Gasteiger partial charge in [0.1, 0.15) is 10.4 Å². The van der Waals surface area contributed by atoms with Crippen molar-refractivity contribution in [3.63, 3.8) is 0 Å². The molecule has 0 radical (unpaired) electrons. The molecular formula is C23H19N5O6S. The first-order valence-corrected chi connectivity index (χ1v) is 11.4. The Morgan fingerprint density at radius 1 is 1.17 bits per heavy atom. The summed E-state index contributed by atoms with van der Waals surface area (Å²) in [7, 11) is 0. The Morgan fingerprint density at radius 2 is 1.94 bits per heavy atom. The molecule has 0 unspecified atom stereocenters. The molecule has 3 aliphatic rings. The molecule has 0 atom stereocenters. The highest BCUT2D eigenvalue weighted by Crippen LogP contribution is 2.15. The van der Waals surface area contributed by atoms with Gasteiger partial charge in [-0.05, 0) is 35.9 Å². The van der Waals surface area contributed by atoms with Crippen LogP contribution in [-0.4, -0.2) is 57.8 Å². The first-order valence-electron chi connectivity index (χ1n) is 10.6. The van der Waals surface area contributed by atoms with Crippen molar-refractivity contribution in [3.8, 4) is 10.9 Å². The largest absolute Gasteiger partial charge is 0.457 e. The van der Waals surface area contributed by atoms with Gasteiger partial charge in [-0.3, -0.25) is 20.1 Å². The molecule has 1 aromatic heterocycles. The number of hydrogen-bond acceptors (Lipinski definition) is 9. The van der Waals surface area contributed by atoms with Crippen LogP contribution < -0.4 is 25.7 Å². The summed E-state index contributed by atoms with van der Waals surface area (Å²) in [5.41, 5.74) is -0.0488. The van der Waals surface area contributed by atoms with E-state index in [1.165, 1.54) is 29.2 Å². The van der Waals surface area contributed by atoms with Crippen LogP contribution in [0, 0.1) is 5.41 Å². The van der Waals surface area contributed by atoms with Crippen LogP contribution in [-0.2, 0) is 9.53 Å². The molecule has 1 amide bonds. The van der Waals surface area contributed by atoms with Crippen molar-refractivity contribution < 1.29 is 23.5 Å². The maximum Gasteiger partial charge on any atom is 0.379 e. The van der Waals surface area contributed by atoms with Gasteiger partial charge in [0.25, 0.3) is 5.56 Å². The summed E-state index contributed by atoms with van der Waals surface area (Å²) in [4.78, 5) is 42.8. The van der Waals surface area contributed by atoms with Crippen molar-refractivity contribution in [2.45, 2.75) is 0 Å². The zero-order valence-corrected chi connectivity index (χ0v) is 19.0. The lowest BCUT2D eigenvalue weighted by Crippen LogP contribution is -2.47. The van der Waals surface area contributed by atoms with Gasteiger partial charge in [0.05, 0.1) is 24.7 Å². The van der Waals surface area contributed by atoms with Gasteiger partial charge in [-0.15, -0.1) is 0 Å². The Labute approximate surface area is 201 Å². The number of esters is 1. The molecule has 178 valence electrons. The number of morpholine rings is 1. The van der Waals surface area contributed by atoms with Gasteiger partial charge in [-0.2, -0.15) is 4.98 Å². The normalized spacial score (nSPS) is 15.0. The molecule has 0 aliphatic carbocycles. The van der Waals surface area contributed by atoms with E-state index in [4.69, 9.17) is 19.3 Å². The van der Waals surface area contributed by atoms with Gasteiger partial charge in [0, 0.05) is 19.2 Å². The summed E-state index contributed by atoms with van der Waals surface area (Å²) in [5.74, 6) is -0.413. The zero-order chi connectivity index (χ0) is 24.4. The molecule has 3 aliphatic heterocycles. The van der Waals surface area contributed by atoms with Gasteiger partial charge in [-0.1, -0.05) is 23.5 Å². The molecule has 12 heteroatoms. The summed E-state index contributed by atoms with van der Waals surface area (Å²) < 4.78 is 17.3. The Bertz CT molecular complexity index is 1580. The summed E-state index contributed by atoms with van der Waals surface area (Å²) in [5, 5.41) is 11.8. The van der Waals surface area contributed by atoms with E-state index in [2.05, 4.69) is 10.1 Å². The lowest BCUT2D eigenvalue weighted by molar-refractivity contribution is -0.128. The van der Waals surface area contributed by atoms with Crippen molar-refractivity contribution in [1.82, 2.24) is 19.7 Å².